The molecule has 3 heteroatoms. The number of fused-ring (bicyclic) bond motifs is 6. The van der Waals surface area contributed by atoms with Crippen LogP contribution in [0.4, 0.5) is 0 Å². The molecule has 246 valence electrons. The predicted molar refractivity (Wildman–Crippen MR) is 216 cm³/mol. The summed E-state index contributed by atoms with van der Waals surface area (Å²) in [6.45, 7) is 4.73. The minimum absolute atomic E-state index is 0.174. The van der Waals surface area contributed by atoms with E-state index in [1.165, 1.54) is 66.4 Å². The molecular formula is C49H35N3. The molecule has 10 rings (SSSR count). The summed E-state index contributed by atoms with van der Waals surface area (Å²) in [5, 5.41) is 2.53. The summed E-state index contributed by atoms with van der Waals surface area (Å²) in [6, 6.07) is 59.2. The average molecular weight is 666 g/mol. The van der Waals surface area contributed by atoms with Crippen molar-refractivity contribution in [2.75, 3.05) is 0 Å². The van der Waals surface area contributed by atoms with Crippen LogP contribution in [0, 0.1) is 0 Å². The second-order valence-corrected chi connectivity index (χ2v) is 14.3. The molecular weight excluding hydrogens is 631 g/mol. The van der Waals surface area contributed by atoms with Crippen LogP contribution in [0.3, 0.4) is 0 Å². The van der Waals surface area contributed by atoms with E-state index in [0.717, 1.165) is 28.1 Å². The normalized spacial score (nSPS) is 13.0. The average Bonchev–Trinajstić information content (AvgIpc) is 3.66. The van der Waals surface area contributed by atoms with Crippen molar-refractivity contribution in [3.05, 3.63) is 187 Å². The van der Waals surface area contributed by atoms with Gasteiger partial charge in [-0.15, -0.1) is 0 Å². The maximum absolute atomic E-state index is 4.68. The largest absolute Gasteiger partial charge is 0.309 e. The lowest BCUT2D eigenvalue weighted by Crippen LogP contribution is -2.15. The fourth-order valence-corrected chi connectivity index (χ4v) is 8.26. The second kappa shape index (κ2) is 11.8. The quantitative estimate of drug-likeness (QED) is 0.183. The van der Waals surface area contributed by atoms with Crippen molar-refractivity contribution >= 4 is 21.8 Å². The van der Waals surface area contributed by atoms with E-state index in [-0.39, 0.29) is 5.41 Å². The highest BCUT2D eigenvalue weighted by molar-refractivity contribution is 6.10. The number of para-hydroxylation sites is 2. The Bertz CT molecular complexity index is 2740. The Morgan fingerprint density at radius 1 is 0.404 bits per heavy atom. The van der Waals surface area contributed by atoms with E-state index in [9.17, 15) is 0 Å². The van der Waals surface area contributed by atoms with Gasteiger partial charge in [0.05, 0.1) is 22.4 Å². The van der Waals surface area contributed by atoms with Gasteiger partial charge in [-0.05, 0) is 129 Å². The second-order valence-electron chi connectivity index (χ2n) is 14.3. The molecule has 0 saturated heterocycles. The number of hydrogen-bond acceptors (Lipinski definition) is 2. The van der Waals surface area contributed by atoms with Crippen molar-refractivity contribution in [2.24, 2.45) is 0 Å². The lowest BCUT2D eigenvalue weighted by Gasteiger charge is -2.23. The van der Waals surface area contributed by atoms with Gasteiger partial charge >= 0.3 is 0 Å². The van der Waals surface area contributed by atoms with E-state index in [4.69, 9.17) is 0 Å². The van der Waals surface area contributed by atoms with Crippen LogP contribution in [-0.4, -0.2) is 14.5 Å². The molecule has 52 heavy (non-hydrogen) atoms. The summed E-state index contributed by atoms with van der Waals surface area (Å²) in [5.74, 6) is 0. The molecule has 1 aliphatic rings. The molecule has 1 aliphatic carbocycles. The smallest absolute Gasteiger partial charge is 0.0702 e. The minimum atomic E-state index is -0.174. The van der Waals surface area contributed by atoms with Crippen molar-refractivity contribution < 1.29 is 0 Å². The zero-order valence-electron chi connectivity index (χ0n) is 29.1. The summed E-state index contributed by atoms with van der Waals surface area (Å²) in [6.07, 6.45) is 3.71. The molecule has 0 unspecified atom stereocenters. The fraction of sp³-hybridized carbons (Fsp3) is 0.0612. The molecule has 0 amide bonds. The number of nitrogens with zero attached hydrogens (tertiary/aromatic N) is 3. The molecule has 0 saturated carbocycles. The minimum Gasteiger partial charge on any atom is -0.309 e. The van der Waals surface area contributed by atoms with Crippen molar-refractivity contribution in [3.63, 3.8) is 0 Å². The molecule has 0 radical (unpaired) electrons. The SMILES string of the molecule is CC1(C)c2cc(-c3cc(-c4ccccn4)cc(-c4ccccn4)c3)ccc2-c2ccc(-c3ccc4c(c3)c3ccccc3n4-c3ccccc3)cc21. The number of rotatable bonds is 5. The Balaban J connectivity index is 1.06. The molecule has 3 nitrogen and oxygen atoms in total. The van der Waals surface area contributed by atoms with Gasteiger partial charge in [-0.25, -0.2) is 0 Å². The Morgan fingerprint density at radius 3 is 1.56 bits per heavy atom. The Kier molecular flexibility index (Phi) is 6.84. The van der Waals surface area contributed by atoms with Crippen molar-refractivity contribution in [2.45, 2.75) is 19.3 Å². The van der Waals surface area contributed by atoms with E-state index in [0.29, 0.717) is 0 Å². The Morgan fingerprint density at radius 2 is 0.923 bits per heavy atom. The molecule has 6 aromatic carbocycles. The van der Waals surface area contributed by atoms with E-state index >= 15 is 0 Å². The lowest BCUT2D eigenvalue weighted by atomic mass is 9.80. The molecule has 3 heterocycles. The van der Waals surface area contributed by atoms with Gasteiger partial charge in [-0.3, -0.25) is 9.97 Å². The number of benzene rings is 6. The van der Waals surface area contributed by atoms with E-state index < -0.39 is 0 Å². The van der Waals surface area contributed by atoms with Gasteiger partial charge < -0.3 is 4.57 Å². The van der Waals surface area contributed by atoms with Gasteiger partial charge in [-0.2, -0.15) is 0 Å². The van der Waals surface area contributed by atoms with E-state index in [2.05, 4.69) is 168 Å². The zero-order valence-corrected chi connectivity index (χ0v) is 29.1. The Labute approximate surface area is 303 Å². The molecule has 9 aromatic rings. The van der Waals surface area contributed by atoms with Gasteiger partial charge in [0.1, 0.15) is 0 Å². The summed E-state index contributed by atoms with van der Waals surface area (Å²) in [7, 11) is 0. The predicted octanol–water partition coefficient (Wildman–Crippen LogP) is 12.5. The van der Waals surface area contributed by atoms with Crippen LogP contribution in [0.2, 0.25) is 0 Å². The maximum atomic E-state index is 4.68. The number of aromatic nitrogens is 3. The van der Waals surface area contributed by atoms with Crippen LogP contribution in [0.1, 0.15) is 25.0 Å². The van der Waals surface area contributed by atoms with Crippen molar-refractivity contribution in [1.29, 1.82) is 0 Å². The van der Waals surface area contributed by atoms with Gasteiger partial charge in [0, 0.05) is 45.4 Å². The first-order valence-electron chi connectivity index (χ1n) is 17.9. The summed E-state index contributed by atoms with van der Waals surface area (Å²) < 4.78 is 2.37. The first-order valence-corrected chi connectivity index (χ1v) is 17.9. The van der Waals surface area contributed by atoms with Crippen LogP contribution in [0.15, 0.2) is 176 Å². The highest BCUT2D eigenvalue weighted by Gasteiger charge is 2.36. The Hall–Kier alpha value is -6.58. The van der Waals surface area contributed by atoms with Gasteiger partial charge in [0.15, 0.2) is 0 Å². The van der Waals surface area contributed by atoms with Crippen LogP contribution in [0.25, 0.3) is 83.4 Å². The van der Waals surface area contributed by atoms with Crippen molar-refractivity contribution in [3.8, 4) is 61.6 Å². The highest BCUT2D eigenvalue weighted by Crippen LogP contribution is 2.51. The summed E-state index contributed by atoms with van der Waals surface area (Å²) in [4.78, 5) is 9.37. The summed E-state index contributed by atoms with van der Waals surface area (Å²) in [5.41, 5.74) is 17.6. The molecule has 3 aromatic heterocycles. The summed E-state index contributed by atoms with van der Waals surface area (Å²) >= 11 is 0. The molecule has 0 N–H and O–H groups in total. The third-order valence-corrected chi connectivity index (χ3v) is 10.9. The number of hydrogen-bond donors (Lipinski definition) is 0. The molecule has 0 spiro atoms. The monoisotopic (exact) mass is 665 g/mol. The van der Waals surface area contributed by atoms with E-state index in [1.54, 1.807) is 0 Å². The first kappa shape index (κ1) is 30.3. The molecule has 0 aliphatic heterocycles. The van der Waals surface area contributed by atoms with Crippen LogP contribution < -0.4 is 0 Å². The maximum Gasteiger partial charge on any atom is 0.0702 e. The third-order valence-electron chi connectivity index (χ3n) is 10.9. The number of pyridine rings is 2. The zero-order chi connectivity index (χ0) is 34.8. The van der Waals surface area contributed by atoms with E-state index in [1.807, 2.05) is 36.7 Å². The molecule has 0 atom stereocenters. The standard InChI is InChI=1S/C49H35N3/c1-49(2)43-30-33(32-20-23-48-42(29-32)41-14-6-7-17-47(41)52(48)38-12-4-3-5-13-38)18-21-39(43)40-22-19-34(31-44(40)49)35-26-36(45-15-8-10-24-50-45)28-37(27-35)46-16-9-11-25-51-46/h3-31H,1-2H3. The van der Waals surface area contributed by atoms with Crippen molar-refractivity contribution in [1.82, 2.24) is 14.5 Å². The third kappa shape index (κ3) is 4.81. The fourth-order valence-electron chi connectivity index (χ4n) is 8.26. The first-order chi connectivity index (χ1) is 25.5. The van der Waals surface area contributed by atoms with Gasteiger partial charge in [0.2, 0.25) is 0 Å². The molecule has 0 bridgehead atoms. The van der Waals surface area contributed by atoms with Crippen LogP contribution in [0.5, 0.6) is 0 Å². The molecule has 0 fully saturated rings. The lowest BCUT2D eigenvalue weighted by molar-refractivity contribution is 0.661. The van der Waals surface area contributed by atoms with Crippen LogP contribution in [-0.2, 0) is 5.41 Å². The van der Waals surface area contributed by atoms with Gasteiger partial charge in [-0.1, -0.05) is 92.7 Å². The topological polar surface area (TPSA) is 30.7 Å². The van der Waals surface area contributed by atoms with Crippen LogP contribution >= 0.6 is 0 Å². The van der Waals surface area contributed by atoms with Gasteiger partial charge in [0.25, 0.3) is 0 Å². The highest BCUT2D eigenvalue weighted by atomic mass is 15.0.